The van der Waals surface area contributed by atoms with E-state index in [4.69, 9.17) is 41.9 Å². The number of fused-ring (bicyclic) bond motifs is 2. The third-order valence-corrected chi connectivity index (χ3v) is 15.4. The van der Waals surface area contributed by atoms with Crippen LogP contribution in [0.15, 0.2) is 85.1 Å². The fourth-order valence-corrected chi connectivity index (χ4v) is 10.6. The molecule has 0 saturated carbocycles. The minimum atomic E-state index is -2.37. The van der Waals surface area contributed by atoms with Crippen molar-refractivity contribution in [2.75, 3.05) is 26.2 Å². The van der Waals surface area contributed by atoms with Crippen LogP contribution in [0.4, 0.5) is 0 Å². The van der Waals surface area contributed by atoms with E-state index in [1.54, 1.807) is 81.5 Å². The number of carbonyl (C=O) groups is 2. The molecular weight excluding hydrogens is 1050 g/mol. The quantitative estimate of drug-likeness (QED) is 0.0756. The Morgan fingerprint density at radius 1 is 0.654 bits per heavy atom. The number of allylic oxidation sites excluding steroid dienone is 12. The van der Waals surface area contributed by atoms with Crippen LogP contribution in [-0.4, -0.2) is 209 Å². The van der Waals surface area contributed by atoms with E-state index in [9.17, 15) is 65.8 Å². The van der Waals surface area contributed by atoms with Gasteiger partial charge >= 0.3 is 11.9 Å². The van der Waals surface area contributed by atoms with Gasteiger partial charge in [-0.05, 0) is 71.9 Å². The van der Waals surface area contributed by atoms with Gasteiger partial charge in [-0.2, -0.15) is 0 Å². The molecule has 3 aliphatic heterocycles. The number of hydrogen-bond donors (Lipinski definition) is 15. The molecule has 0 aliphatic carbocycles. The highest BCUT2D eigenvalue weighted by Gasteiger charge is 2.52. The monoisotopic (exact) mass is 1150 g/mol. The molecule has 81 heavy (non-hydrogen) atoms. The molecule has 3 aliphatic rings. The first kappa shape index (κ1) is 71.7. The molecule has 21 atom stereocenters. The number of aliphatic carboxylic acids is 1. The van der Waals surface area contributed by atoms with Crippen molar-refractivity contribution in [1.82, 2.24) is 4.90 Å². The van der Waals surface area contributed by atoms with E-state index < -0.39 is 147 Å². The van der Waals surface area contributed by atoms with Crippen molar-refractivity contribution < 1.29 is 84.7 Å². The Balaban J connectivity index is 2.00. The van der Waals surface area contributed by atoms with Gasteiger partial charge in [0.15, 0.2) is 12.1 Å². The van der Waals surface area contributed by atoms with E-state index in [0.717, 1.165) is 25.7 Å². The van der Waals surface area contributed by atoms with E-state index in [2.05, 4.69) is 0 Å². The normalized spacial score (nSPS) is 37.0. The molecule has 0 aromatic carbocycles. The van der Waals surface area contributed by atoms with Crippen LogP contribution in [0.3, 0.4) is 0 Å². The molecule has 3 heterocycles. The zero-order chi connectivity index (χ0) is 60.2. The van der Waals surface area contributed by atoms with E-state index in [1.165, 1.54) is 0 Å². The Labute approximate surface area is 479 Å². The summed E-state index contributed by atoms with van der Waals surface area (Å²) in [6.07, 6.45) is 7.35. The number of nitrogens with zero attached hydrogens (tertiary/aromatic N) is 1. The maximum atomic E-state index is 12.9. The summed E-state index contributed by atoms with van der Waals surface area (Å²) in [4.78, 5) is 27.4. The summed E-state index contributed by atoms with van der Waals surface area (Å²) >= 11 is 0. The van der Waals surface area contributed by atoms with E-state index in [-0.39, 0.29) is 56.8 Å². The highest BCUT2D eigenvalue weighted by Crippen LogP contribution is 2.38. The summed E-state index contributed by atoms with van der Waals surface area (Å²) in [7, 11) is 0. The molecule has 2 saturated heterocycles. The SMILES string of the molecule is C[C@@H]1[C@H](O)[C@@H](C)C=CC=CC=CC=CC=CC=CC=C[C@H](O[C@@H]2O[C@H](C)[C@@H](O)[C@H](N(CC(N)CCCCN)CC(N)CCCCN)[C@@H]2O)CC2O[C@](O)(C[C@@H](O)C[C@@H](O)[C@H](O)CC[C@@H](O)C[C@@H](O)CC(=O)O[C@H]1C)C[C@H](O)[C@H]2C(=O)O. The molecule has 0 spiro atoms. The van der Waals surface area contributed by atoms with Crippen molar-refractivity contribution in [2.24, 2.45) is 40.7 Å². The summed E-state index contributed by atoms with van der Waals surface area (Å²) in [5.74, 6) is -6.96. The van der Waals surface area contributed by atoms with Gasteiger partial charge in [0.1, 0.15) is 18.1 Å². The highest BCUT2D eigenvalue weighted by molar-refractivity contribution is 5.71. The summed E-state index contributed by atoms with van der Waals surface area (Å²) < 4.78 is 24.2. The number of unbranched alkanes of at least 4 members (excludes halogenated alkanes) is 2. The zero-order valence-corrected chi connectivity index (χ0v) is 48.0. The van der Waals surface area contributed by atoms with Crippen LogP contribution in [0.5, 0.6) is 0 Å². The van der Waals surface area contributed by atoms with Gasteiger partial charge in [0.05, 0.1) is 79.6 Å². The zero-order valence-electron chi connectivity index (χ0n) is 48.0. The third kappa shape index (κ3) is 26.1. The van der Waals surface area contributed by atoms with Crippen molar-refractivity contribution in [2.45, 2.75) is 227 Å². The standard InChI is InChI=1S/C59H101N5O17/c1-37-21-15-13-11-9-7-5-6-8-10-12-14-16-24-46(80-58-56(74)53(55(73)40(4)79-58)64(35-41(62)22-17-19-27-60)36-42(63)23-18-20-28-61)32-50-52(57(75)76)49(70)34-59(77,81-50)33-45(67)30-48(69)47(68)26-25-43(65)29-44(66)31-51(71)78-39(3)38(2)54(37)72/h5-16,21,24,37-50,52-56,58,65-70,72-74,77H,17-20,22-23,25-36,60-63H2,1-4H3,(H,75,76)/t37-,38-,39-,40+,41?,42?,43+,44+,45-,46-,47+,48+,49-,50?,52+,53-,54+,55+,56-,58-,59+/m0/s1. The van der Waals surface area contributed by atoms with Gasteiger partial charge < -0.3 is 98.1 Å². The first-order valence-electron chi connectivity index (χ1n) is 29.0. The summed E-state index contributed by atoms with van der Waals surface area (Å²) in [6.45, 7) is 8.34. The maximum Gasteiger partial charge on any atom is 0.311 e. The van der Waals surface area contributed by atoms with E-state index in [0.29, 0.717) is 25.9 Å². The number of ether oxygens (including phenoxy) is 4. The number of nitrogens with two attached hydrogens (primary N) is 4. The molecule has 22 heteroatoms. The minimum absolute atomic E-state index is 0.120. The number of carbonyl (C=O) groups excluding carboxylic acids is 1. The maximum absolute atomic E-state index is 12.9. The largest absolute Gasteiger partial charge is 0.481 e. The third-order valence-electron chi connectivity index (χ3n) is 15.4. The van der Waals surface area contributed by atoms with Crippen LogP contribution >= 0.6 is 0 Å². The Bertz CT molecular complexity index is 1990. The number of carboxylic acid groups (broad SMARTS) is 1. The fourth-order valence-electron chi connectivity index (χ4n) is 10.6. The Hall–Kier alpha value is -3.60. The molecule has 0 aromatic rings. The first-order valence-corrected chi connectivity index (χ1v) is 29.0. The Morgan fingerprint density at radius 2 is 1.20 bits per heavy atom. The molecule has 19 N–H and O–H groups in total. The van der Waals surface area contributed by atoms with Gasteiger partial charge in [0, 0.05) is 62.7 Å². The predicted octanol–water partition coefficient (Wildman–Crippen LogP) is 0.968. The highest BCUT2D eigenvalue weighted by atomic mass is 16.7. The molecule has 0 amide bonds. The van der Waals surface area contributed by atoms with Crippen LogP contribution in [0.2, 0.25) is 0 Å². The van der Waals surface area contributed by atoms with Crippen LogP contribution < -0.4 is 22.9 Å². The number of aliphatic hydroxyl groups excluding tert-OH is 9. The number of esters is 1. The molecule has 22 nitrogen and oxygen atoms in total. The van der Waals surface area contributed by atoms with Crippen molar-refractivity contribution in [3.63, 3.8) is 0 Å². The lowest BCUT2D eigenvalue weighted by Crippen LogP contribution is -2.66. The number of hydrogen-bond acceptors (Lipinski definition) is 21. The van der Waals surface area contributed by atoms with Gasteiger partial charge in [-0.15, -0.1) is 0 Å². The number of carboxylic acids is 1. The second-order valence-corrected chi connectivity index (χ2v) is 22.5. The lowest BCUT2D eigenvalue weighted by Gasteiger charge is -2.48. The van der Waals surface area contributed by atoms with Gasteiger partial charge in [0.25, 0.3) is 0 Å². The van der Waals surface area contributed by atoms with Crippen molar-refractivity contribution in [3.8, 4) is 0 Å². The predicted molar refractivity (Wildman–Crippen MR) is 306 cm³/mol. The van der Waals surface area contributed by atoms with Gasteiger partial charge in [0.2, 0.25) is 0 Å². The molecule has 0 radical (unpaired) electrons. The summed E-state index contributed by atoms with van der Waals surface area (Å²) in [5.41, 5.74) is 24.8. The average Bonchev–Trinajstić information content (AvgIpc) is 3.45. The smallest absolute Gasteiger partial charge is 0.311 e. The molecule has 0 aromatic heterocycles. The number of aliphatic hydroxyl groups is 10. The average molecular weight is 1150 g/mol. The fraction of sp³-hybridized carbons (Fsp3) is 0.729. The second kappa shape index (κ2) is 37.7. The summed E-state index contributed by atoms with van der Waals surface area (Å²) in [5, 5.41) is 123. The number of rotatable bonds is 16. The summed E-state index contributed by atoms with van der Waals surface area (Å²) in [6, 6.07) is -1.74. The second-order valence-electron chi connectivity index (χ2n) is 22.5. The minimum Gasteiger partial charge on any atom is -0.481 e. The molecule has 2 fully saturated rings. The van der Waals surface area contributed by atoms with Gasteiger partial charge in [-0.3, -0.25) is 14.5 Å². The van der Waals surface area contributed by atoms with Crippen molar-refractivity contribution >= 4 is 11.9 Å². The Morgan fingerprint density at radius 3 is 1.74 bits per heavy atom. The first-order chi connectivity index (χ1) is 38.4. The van der Waals surface area contributed by atoms with Gasteiger partial charge in [-0.1, -0.05) is 112 Å². The Kier molecular flexibility index (Phi) is 33.3. The van der Waals surface area contributed by atoms with E-state index in [1.807, 2.05) is 36.1 Å². The van der Waals surface area contributed by atoms with Crippen molar-refractivity contribution in [1.29, 1.82) is 0 Å². The lowest BCUT2D eigenvalue weighted by molar-refractivity contribution is -0.312. The topological polar surface area (TPSA) is 401 Å². The molecule has 3 rings (SSSR count). The van der Waals surface area contributed by atoms with Crippen molar-refractivity contribution in [3.05, 3.63) is 85.1 Å². The van der Waals surface area contributed by atoms with Gasteiger partial charge in [-0.25, -0.2) is 0 Å². The van der Waals surface area contributed by atoms with Crippen LogP contribution in [-0.2, 0) is 28.5 Å². The van der Waals surface area contributed by atoms with Crippen LogP contribution in [0, 0.1) is 17.8 Å². The molecule has 464 valence electrons. The lowest BCUT2D eigenvalue weighted by atomic mass is 9.82. The van der Waals surface area contributed by atoms with E-state index >= 15 is 0 Å². The number of cyclic esters (lactones) is 1. The molecule has 3 unspecified atom stereocenters. The van der Waals surface area contributed by atoms with Crippen LogP contribution in [0.25, 0.3) is 0 Å². The molecule has 2 bridgehead atoms. The van der Waals surface area contributed by atoms with Crippen LogP contribution in [0.1, 0.15) is 118 Å². The molecular formula is C59H101N5O17.